The van der Waals surface area contributed by atoms with E-state index in [1.807, 2.05) is 32.0 Å². The van der Waals surface area contributed by atoms with Gasteiger partial charge in [0, 0.05) is 86.5 Å². The second-order valence-electron chi connectivity index (χ2n) is 14.0. The Morgan fingerprint density at radius 2 is 1.75 bits per heavy atom. The molecule has 0 atom stereocenters. The number of aromatic nitrogens is 2. The predicted molar refractivity (Wildman–Crippen MR) is 161 cm³/mol. The van der Waals surface area contributed by atoms with Gasteiger partial charge >= 0.3 is 0 Å². The van der Waals surface area contributed by atoms with Gasteiger partial charge in [-0.2, -0.15) is 0 Å². The summed E-state index contributed by atoms with van der Waals surface area (Å²) in [7, 11) is 0. The molecular formula is C35H41F2N3O4. The molecule has 0 amide bonds. The van der Waals surface area contributed by atoms with Gasteiger partial charge < -0.3 is 9.26 Å². The van der Waals surface area contributed by atoms with E-state index in [0.29, 0.717) is 31.0 Å². The topological polar surface area (TPSA) is 85.5 Å². The normalized spacial score (nSPS) is 20.4. The molecule has 3 aromatic rings. The van der Waals surface area contributed by atoms with Gasteiger partial charge in [0.15, 0.2) is 11.5 Å². The molecule has 7 nitrogen and oxygen atoms in total. The highest BCUT2D eigenvalue weighted by atomic mass is 19.1. The molecular weight excluding hydrogens is 564 g/mol. The average Bonchev–Trinajstić information content (AvgIpc) is 3.47. The quantitative estimate of drug-likeness (QED) is 0.231. The third-order valence-electron chi connectivity index (χ3n) is 10.3. The number of pyridine rings is 1. The van der Waals surface area contributed by atoms with Crippen molar-refractivity contribution in [3.63, 3.8) is 0 Å². The van der Waals surface area contributed by atoms with Crippen LogP contribution in [0.4, 0.5) is 8.78 Å². The summed E-state index contributed by atoms with van der Waals surface area (Å²) in [5.41, 5.74) is 0.447. The maximum Gasteiger partial charge on any atom is 0.185 e. The van der Waals surface area contributed by atoms with Crippen LogP contribution in [0.2, 0.25) is 0 Å². The van der Waals surface area contributed by atoms with Crippen LogP contribution in [0.1, 0.15) is 87.8 Å². The number of carbonyl (C=O) groups is 2. The van der Waals surface area contributed by atoms with Gasteiger partial charge in [-0.05, 0) is 68.2 Å². The van der Waals surface area contributed by atoms with Gasteiger partial charge in [-0.25, -0.2) is 8.78 Å². The molecule has 234 valence electrons. The van der Waals surface area contributed by atoms with Gasteiger partial charge in [-0.15, -0.1) is 0 Å². The molecule has 1 saturated carbocycles. The van der Waals surface area contributed by atoms with Crippen LogP contribution in [0.25, 0.3) is 11.3 Å². The zero-order valence-electron chi connectivity index (χ0n) is 25.6. The number of benzene rings is 1. The van der Waals surface area contributed by atoms with Crippen molar-refractivity contribution in [3.05, 3.63) is 71.7 Å². The summed E-state index contributed by atoms with van der Waals surface area (Å²) in [5, 5.41) is 3.93. The lowest BCUT2D eigenvalue weighted by atomic mass is 9.65. The van der Waals surface area contributed by atoms with Crippen molar-refractivity contribution in [1.29, 1.82) is 0 Å². The summed E-state index contributed by atoms with van der Waals surface area (Å²) in [6.45, 7) is 7.11. The SMILES string of the molecule is CC(C)(CC(=O)CC1(CC(=O)c2cc(-c3ccc(F)cc3F)on2)CN(C2CCC3(CCOCC3)CC2)C1)c1ccccn1. The number of hydrogen-bond acceptors (Lipinski definition) is 7. The van der Waals surface area contributed by atoms with Crippen LogP contribution in [0.15, 0.2) is 53.2 Å². The lowest BCUT2D eigenvalue weighted by Crippen LogP contribution is -2.62. The maximum absolute atomic E-state index is 14.4. The zero-order valence-corrected chi connectivity index (χ0v) is 25.6. The molecule has 44 heavy (non-hydrogen) atoms. The number of ketones is 2. The van der Waals surface area contributed by atoms with Crippen LogP contribution in [-0.2, 0) is 14.9 Å². The van der Waals surface area contributed by atoms with Crippen molar-refractivity contribution in [1.82, 2.24) is 15.0 Å². The lowest BCUT2D eigenvalue weighted by Gasteiger charge is -2.55. The Morgan fingerprint density at radius 3 is 2.43 bits per heavy atom. The van der Waals surface area contributed by atoms with Gasteiger partial charge in [0.25, 0.3) is 0 Å². The van der Waals surface area contributed by atoms with Crippen molar-refractivity contribution < 1.29 is 27.6 Å². The zero-order chi connectivity index (χ0) is 31.0. The van der Waals surface area contributed by atoms with E-state index < -0.39 is 22.5 Å². The van der Waals surface area contributed by atoms with Crippen LogP contribution < -0.4 is 0 Å². The van der Waals surface area contributed by atoms with Crippen LogP contribution in [0.3, 0.4) is 0 Å². The van der Waals surface area contributed by atoms with Gasteiger partial charge in [-0.3, -0.25) is 19.5 Å². The Bertz CT molecular complexity index is 1480. The predicted octanol–water partition coefficient (Wildman–Crippen LogP) is 6.96. The van der Waals surface area contributed by atoms with E-state index in [1.54, 1.807) is 6.20 Å². The number of halogens is 2. The van der Waals surface area contributed by atoms with Crippen LogP contribution in [0, 0.1) is 22.5 Å². The first-order valence-electron chi connectivity index (χ1n) is 15.8. The van der Waals surface area contributed by atoms with Gasteiger partial charge in [0.1, 0.15) is 23.1 Å². The van der Waals surface area contributed by atoms with Gasteiger partial charge in [0.05, 0.1) is 5.56 Å². The maximum atomic E-state index is 14.4. The first kappa shape index (κ1) is 30.7. The number of hydrogen-bond donors (Lipinski definition) is 0. The summed E-state index contributed by atoms with van der Waals surface area (Å²) >= 11 is 0. The molecule has 4 heterocycles. The van der Waals surface area contributed by atoms with E-state index in [9.17, 15) is 18.4 Å². The largest absolute Gasteiger partial charge is 0.381 e. The molecule has 0 radical (unpaired) electrons. The van der Waals surface area contributed by atoms with E-state index in [0.717, 1.165) is 56.7 Å². The Labute approximate surface area is 257 Å². The molecule has 9 heteroatoms. The summed E-state index contributed by atoms with van der Waals surface area (Å²) < 4.78 is 38.7. The van der Waals surface area contributed by atoms with Crippen LogP contribution >= 0.6 is 0 Å². The number of likely N-dealkylation sites (tertiary alicyclic amines) is 1. The number of carbonyl (C=O) groups excluding carboxylic acids is 2. The fourth-order valence-corrected chi connectivity index (χ4v) is 7.73. The highest BCUT2D eigenvalue weighted by Gasteiger charge is 2.50. The Hall–Kier alpha value is -3.30. The third-order valence-corrected chi connectivity index (χ3v) is 10.3. The van der Waals surface area contributed by atoms with Gasteiger partial charge in [-0.1, -0.05) is 25.1 Å². The highest BCUT2D eigenvalue weighted by Crippen LogP contribution is 2.49. The third kappa shape index (κ3) is 6.54. The molecule has 1 aromatic carbocycles. The number of rotatable bonds is 10. The smallest absolute Gasteiger partial charge is 0.185 e. The van der Waals surface area contributed by atoms with E-state index >= 15 is 0 Å². The fraction of sp³-hybridized carbons (Fsp3) is 0.543. The Morgan fingerprint density at radius 1 is 1.00 bits per heavy atom. The fourth-order valence-electron chi connectivity index (χ4n) is 7.73. The summed E-state index contributed by atoms with van der Waals surface area (Å²) in [5.74, 6) is -1.57. The molecule has 1 spiro atoms. The van der Waals surface area contributed by atoms with Crippen molar-refractivity contribution >= 4 is 11.6 Å². The molecule has 0 bridgehead atoms. The standard InChI is InChI=1S/C35H41F2N3O4/c1-33(2,32-5-3-4-14-38-32)19-26(41)20-35(22-40(23-35)25-8-10-34(11-9-25)12-15-43-16-13-34)21-30(42)29-18-31(44-39-29)27-7-6-24(36)17-28(27)37/h3-7,14,17-18,25H,8-13,15-16,19-23H2,1-2H3. The number of nitrogens with zero attached hydrogens (tertiary/aromatic N) is 3. The first-order chi connectivity index (χ1) is 21.1. The van der Waals surface area contributed by atoms with Crippen molar-refractivity contribution in [3.8, 4) is 11.3 Å². The molecule has 2 aromatic heterocycles. The minimum absolute atomic E-state index is 0.0361. The second kappa shape index (κ2) is 12.2. The first-order valence-corrected chi connectivity index (χ1v) is 15.8. The summed E-state index contributed by atoms with van der Waals surface area (Å²) in [4.78, 5) is 34.1. The van der Waals surface area contributed by atoms with E-state index in [2.05, 4.69) is 15.0 Å². The Kier molecular flexibility index (Phi) is 8.54. The average molecular weight is 606 g/mol. The lowest BCUT2D eigenvalue weighted by molar-refractivity contribution is -0.128. The van der Waals surface area contributed by atoms with Crippen LogP contribution in [0.5, 0.6) is 0 Å². The minimum Gasteiger partial charge on any atom is -0.381 e. The van der Waals surface area contributed by atoms with Crippen LogP contribution in [-0.4, -0.2) is 59.0 Å². The molecule has 6 rings (SSSR count). The number of ether oxygens (including phenoxy) is 1. The van der Waals surface area contributed by atoms with E-state index in [-0.39, 0.29) is 41.4 Å². The van der Waals surface area contributed by atoms with Crippen molar-refractivity contribution in [2.45, 2.75) is 83.1 Å². The molecule has 3 aliphatic rings. The van der Waals surface area contributed by atoms with E-state index in [4.69, 9.17) is 9.26 Å². The molecule has 2 saturated heterocycles. The molecule has 2 aliphatic heterocycles. The minimum atomic E-state index is -0.789. The monoisotopic (exact) mass is 605 g/mol. The molecule has 3 fully saturated rings. The summed E-state index contributed by atoms with van der Waals surface area (Å²) in [6, 6.07) is 10.8. The van der Waals surface area contributed by atoms with E-state index in [1.165, 1.54) is 25.0 Å². The molecule has 1 aliphatic carbocycles. The van der Waals surface area contributed by atoms with Crippen molar-refractivity contribution in [2.75, 3.05) is 26.3 Å². The second-order valence-corrected chi connectivity index (χ2v) is 14.0. The summed E-state index contributed by atoms with van der Waals surface area (Å²) in [6.07, 6.45) is 9.42. The molecule has 0 unspecified atom stereocenters. The number of Topliss-reactive ketones (excluding diaryl/α,β-unsaturated/α-hetero) is 2. The Balaban J connectivity index is 1.16. The van der Waals surface area contributed by atoms with Crippen molar-refractivity contribution in [2.24, 2.45) is 10.8 Å². The van der Waals surface area contributed by atoms with Gasteiger partial charge in [0.2, 0.25) is 0 Å². The molecule has 0 N–H and O–H groups in total. The highest BCUT2D eigenvalue weighted by molar-refractivity contribution is 5.96.